The Balaban J connectivity index is 2.72. The number of nitrogens with one attached hydrogen (secondary N) is 1. The highest BCUT2D eigenvalue weighted by Gasteiger charge is 2.35. The summed E-state index contributed by atoms with van der Waals surface area (Å²) in [5.74, 6) is 0.580. The van der Waals surface area contributed by atoms with E-state index in [0.717, 1.165) is 5.75 Å². The summed E-state index contributed by atoms with van der Waals surface area (Å²) in [5, 5.41) is 3.05. The predicted octanol–water partition coefficient (Wildman–Crippen LogP) is 3.00. The molecule has 0 spiro atoms. The molecule has 118 valence electrons. The maximum atomic E-state index is 12.0. The van der Waals surface area contributed by atoms with Gasteiger partial charge in [-0.25, -0.2) is 0 Å². The van der Waals surface area contributed by atoms with Gasteiger partial charge in [0.1, 0.15) is 11.3 Å². The standard InChI is InChI=1S/C17H27NO3/c1-7-20-16(19)17(5,18-6)11-14(4)21-15-9-8-12(2)13(3)10-15/h8-10,14,18H,7,11H2,1-6H3. The van der Waals surface area contributed by atoms with E-state index >= 15 is 0 Å². The van der Waals surface area contributed by atoms with Gasteiger partial charge in [-0.3, -0.25) is 4.79 Å². The fourth-order valence-electron chi connectivity index (χ4n) is 2.21. The smallest absolute Gasteiger partial charge is 0.326 e. The number of esters is 1. The molecule has 0 saturated heterocycles. The van der Waals surface area contributed by atoms with Gasteiger partial charge in [0.2, 0.25) is 0 Å². The maximum absolute atomic E-state index is 12.0. The summed E-state index contributed by atoms with van der Waals surface area (Å²) in [4.78, 5) is 12.0. The first-order chi connectivity index (χ1) is 9.82. The van der Waals surface area contributed by atoms with Crippen molar-refractivity contribution < 1.29 is 14.3 Å². The van der Waals surface area contributed by atoms with E-state index < -0.39 is 5.54 Å². The summed E-state index contributed by atoms with van der Waals surface area (Å²) in [7, 11) is 1.76. The van der Waals surface area contributed by atoms with Crippen LogP contribution >= 0.6 is 0 Å². The van der Waals surface area contributed by atoms with Gasteiger partial charge in [-0.05, 0) is 64.9 Å². The highest BCUT2D eigenvalue weighted by molar-refractivity contribution is 5.80. The fraction of sp³-hybridized carbons (Fsp3) is 0.588. The Morgan fingerprint density at radius 3 is 2.52 bits per heavy atom. The average molecular weight is 293 g/mol. The Labute approximate surface area is 127 Å². The molecule has 0 aromatic heterocycles. The Morgan fingerprint density at radius 2 is 2.00 bits per heavy atom. The minimum absolute atomic E-state index is 0.103. The van der Waals surface area contributed by atoms with Gasteiger partial charge in [0.05, 0.1) is 12.7 Å². The van der Waals surface area contributed by atoms with Gasteiger partial charge in [0, 0.05) is 6.42 Å². The van der Waals surface area contributed by atoms with Gasteiger partial charge in [-0.1, -0.05) is 6.07 Å². The summed E-state index contributed by atoms with van der Waals surface area (Å²) in [5.41, 5.74) is 1.69. The van der Waals surface area contributed by atoms with Crippen LogP contribution in [0.2, 0.25) is 0 Å². The Bertz CT molecular complexity index is 487. The fourth-order valence-corrected chi connectivity index (χ4v) is 2.21. The van der Waals surface area contributed by atoms with Crippen LogP contribution in [0.1, 0.15) is 38.3 Å². The van der Waals surface area contributed by atoms with E-state index in [2.05, 4.69) is 19.2 Å². The first-order valence-electron chi connectivity index (χ1n) is 7.42. The average Bonchev–Trinajstić information content (AvgIpc) is 2.43. The summed E-state index contributed by atoms with van der Waals surface area (Å²) >= 11 is 0. The van der Waals surface area contributed by atoms with E-state index in [1.807, 2.05) is 39.0 Å². The second-order valence-electron chi connectivity index (χ2n) is 5.68. The van der Waals surface area contributed by atoms with Crippen LogP contribution in [0.4, 0.5) is 0 Å². The molecule has 0 saturated carbocycles. The molecule has 1 aromatic rings. The lowest BCUT2D eigenvalue weighted by molar-refractivity contribution is -0.151. The molecule has 4 heteroatoms. The quantitative estimate of drug-likeness (QED) is 0.785. The van der Waals surface area contributed by atoms with Crippen LogP contribution in [0.25, 0.3) is 0 Å². The van der Waals surface area contributed by atoms with Crippen molar-refractivity contribution in [1.82, 2.24) is 5.32 Å². The molecule has 0 aliphatic rings. The van der Waals surface area contributed by atoms with E-state index in [-0.39, 0.29) is 12.1 Å². The van der Waals surface area contributed by atoms with Gasteiger partial charge < -0.3 is 14.8 Å². The van der Waals surface area contributed by atoms with Crippen molar-refractivity contribution >= 4 is 5.97 Å². The summed E-state index contributed by atoms with van der Waals surface area (Å²) in [6.07, 6.45) is 0.434. The minimum atomic E-state index is -0.741. The van der Waals surface area contributed by atoms with Crippen molar-refractivity contribution in [3.05, 3.63) is 29.3 Å². The SMILES string of the molecule is CCOC(=O)C(C)(CC(C)Oc1ccc(C)c(C)c1)NC. The molecule has 2 unspecified atom stereocenters. The zero-order valence-electron chi connectivity index (χ0n) is 13.9. The zero-order chi connectivity index (χ0) is 16.0. The van der Waals surface area contributed by atoms with Crippen molar-refractivity contribution in [3.8, 4) is 5.75 Å². The molecule has 0 aliphatic heterocycles. The number of carbonyl (C=O) groups is 1. The molecule has 0 heterocycles. The lowest BCUT2D eigenvalue weighted by atomic mass is 9.95. The molecular weight excluding hydrogens is 266 g/mol. The zero-order valence-corrected chi connectivity index (χ0v) is 13.9. The molecule has 0 aliphatic carbocycles. The van der Waals surface area contributed by atoms with Gasteiger partial charge >= 0.3 is 5.97 Å². The van der Waals surface area contributed by atoms with Crippen molar-refractivity contribution in [3.63, 3.8) is 0 Å². The van der Waals surface area contributed by atoms with E-state index in [1.165, 1.54) is 11.1 Å². The Kier molecular flexibility index (Phi) is 6.21. The number of ether oxygens (including phenoxy) is 2. The van der Waals surface area contributed by atoms with Crippen LogP contribution in [0.3, 0.4) is 0 Å². The van der Waals surface area contributed by atoms with Gasteiger partial charge in [0.15, 0.2) is 0 Å². The number of benzene rings is 1. The molecule has 1 rings (SSSR count). The molecule has 2 atom stereocenters. The molecular formula is C17H27NO3. The van der Waals surface area contributed by atoms with Crippen molar-refractivity contribution in [1.29, 1.82) is 0 Å². The largest absolute Gasteiger partial charge is 0.491 e. The lowest BCUT2D eigenvalue weighted by Crippen LogP contribution is -2.51. The number of hydrogen-bond donors (Lipinski definition) is 1. The third-order valence-corrected chi connectivity index (χ3v) is 3.79. The summed E-state index contributed by atoms with van der Waals surface area (Å²) in [6.45, 7) is 10.1. The molecule has 0 fully saturated rings. The van der Waals surface area contributed by atoms with Crippen LogP contribution in [-0.2, 0) is 9.53 Å². The third-order valence-electron chi connectivity index (χ3n) is 3.79. The number of rotatable bonds is 7. The second-order valence-corrected chi connectivity index (χ2v) is 5.68. The lowest BCUT2D eigenvalue weighted by Gasteiger charge is -2.29. The van der Waals surface area contributed by atoms with Gasteiger partial charge in [0.25, 0.3) is 0 Å². The van der Waals surface area contributed by atoms with Crippen LogP contribution in [0.15, 0.2) is 18.2 Å². The predicted molar refractivity (Wildman–Crippen MR) is 84.7 cm³/mol. The summed E-state index contributed by atoms with van der Waals surface area (Å²) in [6, 6.07) is 6.02. The molecule has 1 aromatic carbocycles. The van der Waals surface area contributed by atoms with Gasteiger partial charge in [-0.2, -0.15) is 0 Å². The van der Waals surface area contributed by atoms with E-state index in [4.69, 9.17) is 9.47 Å². The molecule has 1 N–H and O–H groups in total. The third kappa shape index (κ3) is 4.74. The van der Waals surface area contributed by atoms with E-state index in [1.54, 1.807) is 7.05 Å². The van der Waals surface area contributed by atoms with Crippen LogP contribution < -0.4 is 10.1 Å². The Morgan fingerprint density at radius 1 is 1.33 bits per heavy atom. The monoisotopic (exact) mass is 293 g/mol. The number of carbonyl (C=O) groups excluding carboxylic acids is 1. The van der Waals surface area contributed by atoms with E-state index in [0.29, 0.717) is 13.0 Å². The second kappa shape index (κ2) is 7.46. The first kappa shape index (κ1) is 17.5. The first-order valence-corrected chi connectivity index (χ1v) is 7.42. The molecule has 21 heavy (non-hydrogen) atoms. The highest BCUT2D eigenvalue weighted by Crippen LogP contribution is 2.21. The minimum Gasteiger partial charge on any atom is -0.491 e. The van der Waals surface area contributed by atoms with Crippen LogP contribution in [0, 0.1) is 13.8 Å². The van der Waals surface area contributed by atoms with Crippen molar-refractivity contribution in [2.45, 2.75) is 52.7 Å². The van der Waals surface area contributed by atoms with Crippen molar-refractivity contribution in [2.75, 3.05) is 13.7 Å². The molecule has 0 radical (unpaired) electrons. The van der Waals surface area contributed by atoms with Crippen molar-refractivity contribution in [2.24, 2.45) is 0 Å². The number of hydrogen-bond acceptors (Lipinski definition) is 4. The van der Waals surface area contributed by atoms with Crippen LogP contribution in [-0.4, -0.2) is 31.3 Å². The van der Waals surface area contributed by atoms with Gasteiger partial charge in [-0.15, -0.1) is 0 Å². The highest BCUT2D eigenvalue weighted by atomic mass is 16.5. The number of likely N-dealkylation sites (N-methyl/N-ethyl adjacent to an activating group) is 1. The summed E-state index contributed by atoms with van der Waals surface area (Å²) < 4.78 is 11.1. The Hall–Kier alpha value is -1.55. The molecule has 4 nitrogen and oxygen atoms in total. The normalized spacial score (nSPS) is 15.1. The van der Waals surface area contributed by atoms with E-state index in [9.17, 15) is 4.79 Å². The number of aryl methyl sites for hydroxylation is 2. The molecule has 0 amide bonds. The maximum Gasteiger partial charge on any atom is 0.326 e. The molecule has 0 bridgehead atoms. The topological polar surface area (TPSA) is 47.6 Å². The van der Waals surface area contributed by atoms with Crippen LogP contribution in [0.5, 0.6) is 5.75 Å².